The van der Waals surface area contributed by atoms with Crippen LogP contribution in [0, 0.1) is 0 Å². The molecule has 0 saturated carbocycles. The van der Waals surface area contributed by atoms with Crippen LogP contribution in [0.1, 0.15) is 18.3 Å². The summed E-state index contributed by atoms with van der Waals surface area (Å²) in [6, 6.07) is 17.1. The van der Waals surface area contributed by atoms with Gasteiger partial charge in [0.2, 0.25) is 5.91 Å². The van der Waals surface area contributed by atoms with Crippen molar-refractivity contribution in [3.8, 4) is 5.75 Å². The summed E-state index contributed by atoms with van der Waals surface area (Å²) >= 11 is 0. The van der Waals surface area contributed by atoms with Crippen LogP contribution in [0.3, 0.4) is 0 Å². The first-order valence-corrected chi connectivity index (χ1v) is 9.50. The van der Waals surface area contributed by atoms with E-state index >= 15 is 0 Å². The van der Waals surface area contributed by atoms with E-state index in [-0.39, 0.29) is 18.0 Å². The third kappa shape index (κ3) is 3.59. The lowest BCUT2D eigenvalue weighted by molar-refractivity contribution is -0.122. The molecule has 7 heteroatoms. The highest BCUT2D eigenvalue weighted by Gasteiger charge is 2.15. The van der Waals surface area contributed by atoms with Gasteiger partial charge in [-0.2, -0.15) is 5.10 Å². The van der Waals surface area contributed by atoms with Crippen LogP contribution >= 0.6 is 0 Å². The zero-order chi connectivity index (χ0) is 20.4. The largest absolute Gasteiger partial charge is 0.497 e. The third-order valence-corrected chi connectivity index (χ3v) is 4.89. The number of methoxy groups -OCH3 is 1. The van der Waals surface area contributed by atoms with Gasteiger partial charge in [-0.05, 0) is 29.8 Å². The molecule has 0 atom stereocenters. The van der Waals surface area contributed by atoms with Gasteiger partial charge in [0.1, 0.15) is 23.6 Å². The first-order valence-electron chi connectivity index (χ1n) is 9.50. The molecular weight excluding hydrogens is 368 g/mol. The molecule has 0 bridgehead atoms. The molecule has 0 saturated heterocycles. The minimum atomic E-state index is -0.282. The van der Waals surface area contributed by atoms with Gasteiger partial charge in [0.05, 0.1) is 12.6 Å². The molecule has 1 N–H and O–H groups in total. The van der Waals surface area contributed by atoms with Crippen LogP contribution < -0.4 is 15.6 Å². The fourth-order valence-electron chi connectivity index (χ4n) is 3.46. The number of ether oxygens (including phenoxy) is 1. The average Bonchev–Trinajstić information content (AvgIpc) is 3.14. The fraction of sp³-hybridized carbons (Fsp3) is 0.227. The normalized spacial score (nSPS) is 11.1. The van der Waals surface area contributed by atoms with Crippen molar-refractivity contribution in [3.63, 3.8) is 0 Å². The summed E-state index contributed by atoms with van der Waals surface area (Å²) in [7, 11) is 1.60. The molecule has 0 unspecified atom stereocenters. The van der Waals surface area contributed by atoms with Crippen molar-refractivity contribution in [1.82, 2.24) is 19.5 Å². The van der Waals surface area contributed by atoms with E-state index in [4.69, 9.17) is 4.74 Å². The van der Waals surface area contributed by atoms with E-state index in [1.807, 2.05) is 65.9 Å². The summed E-state index contributed by atoms with van der Waals surface area (Å²) < 4.78 is 8.32. The molecule has 29 heavy (non-hydrogen) atoms. The molecule has 2 aromatic heterocycles. The maximum absolute atomic E-state index is 12.9. The number of nitrogens with one attached hydrogen (secondary N) is 1. The second-order valence-electron chi connectivity index (χ2n) is 6.78. The molecule has 0 aliphatic carbocycles. The average molecular weight is 390 g/mol. The Balaban J connectivity index is 1.60. The van der Waals surface area contributed by atoms with Crippen molar-refractivity contribution in [2.24, 2.45) is 0 Å². The van der Waals surface area contributed by atoms with Gasteiger partial charge in [-0.15, -0.1) is 0 Å². The zero-order valence-electron chi connectivity index (χ0n) is 16.4. The van der Waals surface area contributed by atoms with E-state index in [2.05, 4.69) is 10.4 Å². The van der Waals surface area contributed by atoms with Crippen molar-refractivity contribution in [1.29, 1.82) is 0 Å². The molecule has 2 aromatic carbocycles. The van der Waals surface area contributed by atoms with Crippen molar-refractivity contribution >= 4 is 22.3 Å². The highest BCUT2D eigenvalue weighted by atomic mass is 16.5. The van der Waals surface area contributed by atoms with Crippen molar-refractivity contribution in [2.45, 2.75) is 26.4 Å². The van der Waals surface area contributed by atoms with Gasteiger partial charge in [-0.1, -0.05) is 37.3 Å². The minimum Gasteiger partial charge on any atom is -0.497 e. The van der Waals surface area contributed by atoms with E-state index in [0.717, 1.165) is 28.0 Å². The van der Waals surface area contributed by atoms with Crippen molar-refractivity contribution < 1.29 is 9.53 Å². The molecule has 7 nitrogen and oxygen atoms in total. The summed E-state index contributed by atoms with van der Waals surface area (Å²) in [5.41, 5.74) is 2.10. The van der Waals surface area contributed by atoms with Crippen molar-refractivity contribution in [3.05, 3.63) is 76.3 Å². The lowest BCUT2D eigenvalue weighted by Gasteiger charge is -2.11. The highest BCUT2D eigenvalue weighted by molar-refractivity contribution is 5.87. The quantitative estimate of drug-likeness (QED) is 0.549. The second-order valence-corrected chi connectivity index (χ2v) is 6.78. The SMILES string of the molecule is CCc1nn(CC(=O)NCc2cccc(OC)c2)c(=O)c2cc3ccccc3n12. The number of hydrogen-bond donors (Lipinski definition) is 1. The van der Waals surface area contributed by atoms with Gasteiger partial charge in [0.25, 0.3) is 5.56 Å². The lowest BCUT2D eigenvalue weighted by atomic mass is 10.2. The van der Waals surface area contributed by atoms with E-state index in [1.165, 1.54) is 4.68 Å². The molecule has 0 fully saturated rings. The van der Waals surface area contributed by atoms with Crippen LogP contribution in [0.25, 0.3) is 16.4 Å². The molecular formula is C22H22N4O3. The standard InChI is InChI=1S/C22H22N4O3/c1-3-20-24-25(14-21(27)23-13-15-7-6-9-17(11-15)29-2)22(28)19-12-16-8-4-5-10-18(16)26(19)20/h4-12H,3,13-14H2,1-2H3,(H,23,27). The third-order valence-electron chi connectivity index (χ3n) is 4.89. The van der Waals surface area contributed by atoms with Crippen LogP contribution in [-0.4, -0.2) is 27.2 Å². The number of amides is 1. The maximum Gasteiger partial charge on any atom is 0.291 e. The summed E-state index contributed by atoms with van der Waals surface area (Å²) in [5, 5.41) is 8.26. The Bertz CT molecular complexity index is 1260. The number of carbonyl (C=O) groups is 1. The number of carbonyl (C=O) groups excluding carboxylic acids is 1. The lowest BCUT2D eigenvalue weighted by Crippen LogP contribution is -2.35. The van der Waals surface area contributed by atoms with Gasteiger partial charge in [0, 0.05) is 18.4 Å². The molecule has 0 spiro atoms. The van der Waals surface area contributed by atoms with E-state index < -0.39 is 0 Å². The van der Waals surface area contributed by atoms with Gasteiger partial charge < -0.3 is 10.1 Å². The zero-order valence-corrected chi connectivity index (χ0v) is 16.4. The van der Waals surface area contributed by atoms with Crippen molar-refractivity contribution in [2.75, 3.05) is 7.11 Å². The Hall–Kier alpha value is -3.61. The van der Waals surface area contributed by atoms with Gasteiger partial charge >= 0.3 is 0 Å². The number of aromatic nitrogens is 3. The molecule has 1 amide bonds. The molecule has 148 valence electrons. The van der Waals surface area contributed by atoms with E-state index in [0.29, 0.717) is 18.5 Å². The monoisotopic (exact) mass is 390 g/mol. The summed E-state index contributed by atoms with van der Waals surface area (Å²) in [5.74, 6) is 1.19. The van der Waals surface area contributed by atoms with E-state index in [1.54, 1.807) is 7.11 Å². The molecule has 2 heterocycles. The predicted molar refractivity (Wildman–Crippen MR) is 111 cm³/mol. The Morgan fingerprint density at radius 2 is 1.93 bits per heavy atom. The Kier molecular flexibility index (Phi) is 5.03. The molecule has 4 aromatic rings. The topological polar surface area (TPSA) is 77.6 Å². The maximum atomic E-state index is 12.9. The van der Waals surface area contributed by atoms with Crippen LogP contribution in [-0.2, 0) is 24.3 Å². The highest BCUT2D eigenvalue weighted by Crippen LogP contribution is 2.19. The number of aryl methyl sites for hydroxylation is 1. The summed E-state index contributed by atoms with van der Waals surface area (Å²) in [6.07, 6.45) is 0.640. The first kappa shape index (κ1) is 18.7. The minimum absolute atomic E-state index is 0.131. The van der Waals surface area contributed by atoms with Crippen LogP contribution in [0.5, 0.6) is 5.75 Å². The van der Waals surface area contributed by atoms with Gasteiger partial charge in [-0.3, -0.25) is 14.0 Å². The molecule has 0 aliphatic heterocycles. The molecule has 0 aliphatic rings. The number of nitrogens with zero attached hydrogens (tertiary/aromatic N) is 3. The van der Waals surface area contributed by atoms with Gasteiger partial charge in [-0.25, -0.2) is 4.68 Å². The van der Waals surface area contributed by atoms with Crippen LogP contribution in [0.15, 0.2) is 59.4 Å². The summed E-state index contributed by atoms with van der Waals surface area (Å²) in [6.45, 7) is 2.20. The molecule has 0 radical (unpaired) electrons. The fourth-order valence-corrected chi connectivity index (χ4v) is 3.46. The summed E-state index contributed by atoms with van der Waals surface area (Å²) in [4.78, 5) is 25.4. The smallest absolute Gasteiger partial charge is 0.291 e. The number of rotatable bonds is 6. The van der Waals surface area contributed by atoms with E-state index in [9.17, 15) is 9.59 Å². The number of hydrogen-bond acceptors (Lipinski definition) is 4. The second kappa shape index (κ2) is 7.79. The Morgan fingerprint density at radius 1 is 1.10 bits per heavy atom. The first-order chi connectivity index (χ1) is 14.1. The predicted octanol–water partition coefficient (Wildman–Crippen LogP) is 2.54. The van der Waals surface area contributed by atoms with Crippen LogP contribution in [0.4, 0.5) is 0 Å². The Labute approximate surface area is 167 Å². The number of fused-ring (bicyclic) bond motifs is 3. The molecule has 4 rings (SSSR count). The van der Waals surface area contributed by atoms with Crippen LogP contribution in [0.2, 0.25) is 0 Å². The Morgan fingerprint density at radius 3 is 2.72 bits per heavy atom. The van der Waals surface area contributed by atoms with Gasteiger partial charge in [0.15, 0.2) is 0 Å². The number of para-hydroxylation sites is 1. The number of benzene rings is 2.